The molecule has 5 heteroatoms. The molecule has 1 heterocycles. The molecular weight excluding hydrogens is 333 g/mol. The van der Waals surface area contributed by atoms with Crippen molar-refractivity contribution in [2.24, 2.45) is 0 Å². The summed E-state index contributed by atoms with van der Waals surface area (Å²) in [7, 11) is 0. The van der Waals surface area contributed by atoms with Gasteiger partial charge in [-0.25, -0.2) is 4.39 Å². The number of halogens is 1. The van der Waals surface area contributed by atoms with Gasteiger partial charge in [0.2, 0.25) is 0 Å². The van der Waals surface area contributed by atoms with Crippen molar-refractivity contribution in [1.29, 1.82) is 0 Å². The van der Waals surface area contributed by atoms with E-state index in [0.717, 1.165) is 28.6 Å². The lowest BCUT2D eigenvalue weighted by atomic mass is 10.1. The molecule has 1 aromatic heterocycles. The van der Waals surface area contributed by atoms with Crippen molar-refractivity contribution in [1.82, 2.24) is 4.98 Å². The van der Waals surface area contributed by atoms with Gasteiger partial charge in [0.05, 0.1) is 13.2 Å². The molecule has 1 N–H and O–H groups in total. The number of rotatable bonds is 9. The van der Waals surface area contributed by atoms with E-state index in [-0.39, 0.29) is 11.8 Å². The van der Waals surface area contributed by atoms with E-state index in [2.05, 4.69) is 4.98 Å². The van der Waals surface area contributed by atoms with E-state index in [1.54, 1.807) is 6.07 Å². The van der Waals surface area contributed by atoms with Gasteiger partial charge in [-0.3, -0.25) is 4.79 Å². The first-order chi connectivity index (χ1) is 12.7. The highest BCUT2D eigenvalue weighted by atomic mass is 19.1. The molecule has 3 rings (SSSR count). The van der Waals surface area contributed by atoms with E-state index >= 15 is 0 Å². The lowest BCUT2D eigenvalue weighted by Gasteiger charge is -2.06. The Morgan fingerprint density at radius 1 is 1.04 bits per heavy atom. The topological polar surface area (TPSA) is 51.3 Å². The Balaban J connectivity index is 1.31. The molecule has 0 aliphatic carbocycles. The molecular formula is C21H22FNO3. The van der Waals surface area contributed by atoms with Gasteiger partial charge in [-0.1, -0.05) is 18.2 Å². The number of aromatic nitrogens is 1. The number of aryl methyl sites for hydroxylation is 1. The number of carbonyl (C=O) groups is 1. The zero-order valence-corrected chi connectivity index (χ0v) is 14.5. The minimum absolute atomic E-state index is 0.216. The summed E-state index contributed by atoms with van der Waals surface area (Å²) in [6.07, 6.45) is 4.27. The zero-order chi connectivity index (χ0) is 18.2. The van der Waals surface area contributed by atoms with Gasteiger partial charge in [-0.05, 0) is 55.2 Å². The van der Waals surface area contributed by atoms with Crippen molar-refractivity contribution < 1.29 is 18.7 Å². The maximum absolute atomic E-state index is 13.4. The van der Waals surface area contributed by atoms with Crippen molar-refractivity contribution in [2.45, 2.75) is 25.7 Å². The number of para-hydroxylation sites is 1. The summed E-state index contributed by atoms with van der Waals surface area (Å²) in [6, 6.07) is 14.2. The minimum atomic E-state index is -0.248. The third kappa shape index (κ3) is 5.09. The van der Waals surface area contributed by atoms with Gasteiger partial charge in [0, 0.05) is 23.5 Å². The van der Waals surface area contributed by atoms with E-state index in [1.165, 1.54) is 12.1 Å². The molecule has 0 aliphatic rings. The van der Waals surface area contributed by atoms with Crippen LogP contribution < -0.4 is 4.74 Å². The molecule has 0 spiro atoms. The Morgan fingerprint density at radius 2 is 1.88 bits per heavy atom. The molecule has 0 fully saturated rings. The number of nitrogens with one attached hydrogen (secondary N) is 1. The third-order valence-corrected chi connectivity index (χ3v) is 4.12. The fourth-order valence-electron chi connectivity index (χ4n) is 2.80. The molecule has 2 aromatic carbocycles. The van der Waals surface area contributed by atoms with Crippen LogP contribution in [0.2, 0.25) is 0 Å². The number of hydrogen-bond donors (Lipinski definition) is 1. The number of benzene rings is 2. The monoisotopic (exact) mass is 355 g/mol. The number of fused-ring (bicyclic) bond motifs is 1. The maximum Gasteiger partial charge on any atom is 0.305 e. The van der Waals surface area contributed by atoms with Crippen LogP contribution in [-0.2, 0) is 16.0 Å². The largest absolute Gasteiger partial charge is 0.494 e. The van der Waals surface area contributed by atoms with Crippen LogP contribution in [0.3, 0.4) is 0 Å². The number of aromatic amines is 1. The summed E-state index contributed by atoms with van der Waals surface area (Å²) in [5, 5.41) is 0.884. The maximum atomic E-state index is 13.4. The average Bonchev–Trinajstić information content (AvgIpc) is 3.05. The van der Waals surface area contributed by atoms with E-state index < -0.39 is 0 Å². The molecule has 0 amide bonds. The summed E-state index contributed by atoms with van der Waals surface area (Å²) in [4.78, 5) is 14.9. The van der Waals surface area contributed by atoms with Gasteiger partial charge < -0.3 is 14.5 Å². The van der Waals surface area contributed by atoms with Crippen molar-refractivity contribution >= 4 is 16.9 Å². The van der Waals surface area contributed by atoms with Gasteiger partial charge >= 0.3 is 5.97 Å². The fraction of sp³-hybridized carbons (Fsp3) is 0.286. The predicted molar refractivity (Wildman–Crippen MR) is 98.7 cm³/mol. The molecule has 26 heavy (non-hydrogen) atoms. The normalized spacial score (nSPS) is 10.8. The van der Waals surface area contributed by atoms with Crippen LogP contribution in [0.1, 0.15) is 24.8 Å². The third-order valence-electron chi connectivity index (χ3n) is 4.12. The Kier molecular flexibility index (Phi) is 6.25. The molecule has 0 atom stereocenters. The molecule has 3 aromatic rings. The zero-order valence-electron chi connectivity index (χ0n) is 14.5. The Morgan fingerprint density at radius 3 is 2.73 bits per heavy atom. The van der Waals surface area contributed by atoms with Crippen LogP contribution >= 0.6 is 0 Å². The number of esters is 1. The van der Waals surface area contributed by atoms with Crippen LogP contribution in [0.5, 0.6) is 5.75 Å². The molecule has 0 saturated heterocycles. The van der Waals surface area contributed by atoms with Gasteiger partial charge in [-0.15, -0.1) is 0 Å². The van der Waals surface area contributed by atoms with Crippen molar-refractivity contribution in [3.8, 4) is 5.75 Å². The van der Waals surface area contributed by atoms with E-state index in [0.29, 0.717) is 32.5 Å². The van der Waals surface area contributed by atoms with Gasteiger partial charge in [-0.2, -0.15) is 0 Å². The summed E-state index contributed by atoms with van der Waals surface area (Å²) in [5.74, 6) is 0.338. The standard InChI is InChI=1S/C21H22FNO3/c22-17-10-11-20-19(14-17)16(15-23-20)6-4-13-26-21(24)9-5-12-25-18-7-2-1-3-8-18/h1-3,7-8,10-11,14-15,23H,4-6,9,12-13H2. The highest BCUT2D eigenvalue weighted by Crippen LogP contribution is 2.20. The lowest BCUT2D eigenvalue weighted by Crippen LogP contribution is -2.08. The fourth-order valence-corrected chi connectivity index (χ4v) is 2.80. The van der Waals surface area contributed by atoms with Crippen LogP contribution in [0.15, 0.2) is 54.7 Å². The second kappa shape index (κ2) is 9.04. The first-order valence-corrected chi connectivity index (χ1v) is 8.81. The summed E-state index contributed by atoms with van der Waals surface area (Å²) in [6.45, 7) is 0.848. The van der Waals surface area contributed by atoms with Crippen LogP contribution in [0.4, 0.5) is 4.39 Å². The van der Waals surface area contributed by atoms with Gasteiger partial charge in [0.1, 0.15) is 11.6 Å². The Hall–Kier alpha value is -2.82. The van der Waals surface area contributed by atoms with E-state index in [1.807, 2.05) is 36.5 Å². The van der Waals surface area contributed by atoms with Crippen molar-refractivity contribution in [3.05, 3.63) is 66.1 Å². The SMILES string of the molecule is O=C(CCCOc1ccccc1)OCCCc1c[nH]c2ccc(F)cc12. The van der Waals surface area contributed by atoms with Gasteiger partial charge in [0.15, 0.2) is 0 Å². The summed E-state index contributed by atoms with van der Waals surface area (Å²) < 4.78 is 24.1. The smallest absolute Gasteiger partial charge is 0.305 e. The number of hydrogen-bond acceptors (Lipinski definition) is 3. The molecule has 4 nitrogen and oxygen atoms in total. The Bertz CT molecular complexity index is 845. The van der Waals surface area contributed by atoms with Crippen LogP contribution in [-0.4, -0.2) is 24.2 Å². The van der Waals surface area contributed by atoms with Gasteiger partial charge in [0.25, 0.3) is 0 Å². The van der Waals surface area contributed by atoms with E-state index in [4.69, 9.17) is 9.47 Å². The lowest BCUT2D eigenvalue weighted by molar-refractivity contribution is -0.144. The van der Waals surface area contributed by atoms with E-state index in [9.17, 15) is 9.18 Å². The second-order valence-corrected chi connectivity index (χ2v) is 6.09. The number of H-pyrrole nitrogens is 1. The Labute approximate surface area is 151 Å². The number of carbonyl (C=O) groups excluding carboxylic acids is 1. The molecule has 0 unspecified atom stereocenters. The molecule has 0 aliphatic heterocycles. The van der Waals surface area contributed by atoms with Crippen LogP contribution in [0, 0.1) is 5.82 Å². The quantitative estimate of drug-likeness (QED) is 0.449. The van der Waals surface area contributed by atoms with Crippen LogP contribution in [0.25, 0.3) is 10.9 Å². The molecule has 0 bridgehead atoms. The molecule has 0 radical (unpaired) electrons. The minimum Gasteiger partial charge on any atom is -0.494 e. The predicted octanol–water partition coefficient (Wildman–Crippen LogP) is 4.64. The summed E-state index contributed by atoms with van der Waals surface area (Å²) >= 11 is 0. The highest BCUT2D eigenvalue weighted by Gasteiger charge is 2.06. The second-order valence-electron chi connectivity index (χ2n) is 6.09. The highest BCUT2D eigenvalue weighted by molar-refractivity contribution is 5.83. The molecule has 0 saturated carbocycles. The molecule has 136 valence electrons. The first-order valence-electron chi connectivity index (χ1n) is 8.81. The van der Waals surface area contributed by atoms with Crippen molar-refractivity contribution in [3.63, 3.8) is 0 Å². The van der Waals surface area contributed by atoms with Crippen molar-refractivity contribution in [2.75, 3.05) is 13.2 Å². The number of ether oxygens (including phenoxy) is 2. The first kappa shape index (κ1) is 18.0. The average molecular weight is 355 g/mol. The summed E-state index contributed by atoms with van der Waals surface area (Å²) in [5.41, 5.74) is 1.95.